The Bertz CT molecular complexity index is 1510. The molecule has 0 bridgehead atoms. The summed E-state index contributed by atoms with van der Waals surface area (Å²) in [6.07, 6.45) is 0.918. The topological polar surface area (TPSA) is 120 Å². The van der Waals surface area contributed by atoms with Crippen LogP contribution in [0.15, 0.2) is 53.3 Å². The molecule has 9 nitrogen and oxygen atoms in total. The van der Waals surface area contributed by atoms with E-state index in [2.05, 4.69) is 10.1 Å². The zero-order chi connectivity index (χ0) is 23.1. The monoisotopic (exact) mass is 461 g/mol. The second kappa shape index (κ2) is 8.14. The van der Waals surface area contributed by atoms with Gasteiger partial charge in [0, 0.05) is 11.1 Å². The van der Waals surface area contributed by atoms with Gasteiger partial charge in [0.1, 0.15) is 16.8 Å². The number of carbonyl (C=O) groups excluding carboxylic acids is 2. The Morgan fingerprint density at radius 1 is 1.12 bits per heavy atom. The molecule has 0 atom stereocenters. The number of amides is 2. The Morgan fingerprint density at radius 3 is 2.58 bits per heavy atom. The lowest BCUT2D eigenvalue weighted by molar-refractivity contribution is -0.119. The van der Waals surface area contributed by atoms with E-state index in [4.69, 9.17) is 10.5 Å². The average molecular weight is 462 g/mol. The summed E-state index contributed by atoms with van der Waals surface area (Å²) >= 11 is 1.09. The van der Waals surface area contributed by atoms with Crippen LogP contribution in [0, 0.1) is 0 Å². The molecular weight excluding hydrogens is 442 g/mol. The summed E-state index contributed by atoms with van der Waals surface area (Å²) in [7, 11) is 0. The third-order valence-corrected chi connectivity index (χ3v) is 6.24. The maximum Gasteiger partial charge on any atom is 0.291 e. The number of hydrogen-bond donors (Lipinski definition) is 1. The highest BCUT2D eigenvalue weighted by Crippen LogP contribution is 2.35. The van der Waals surface area contributed by atoms with Gasteiger partial charge in [-0.2, -0.15) is 9.50 Å². The van der Waals surface area contributed by atoms with Crippen molar-refractivity contribution in [2.24, 2.45) is 5.73 Å². The second-order valence-electron chi connectivity index (χ2n) is 7.49. The van der Waals surface area contributed by atoms with Crippen LogP contribution >= 0.6 is 11.3 Å². The van der Waals surface area contributed by atoms with E-state index in [1.54, 1.807) is 24.3 Å². The number of rotatable bonds is 6. The molecule has 2 aromatic carbocycles. The number of nitrogens with zero attached hydrogens (tertiary/aromatic N) is 4. The van der Waals surface area contributed by atoms with Crippen molar-refractivity contribution in [3.8, 4) is 17.1 Å². The van der Waals surface area contributed by atoms with E-state index in [0.29, 0.717) is 28.6 Å². The quantitative estimate of drug-likeness (QED) is 0.463. The van der Waals surface area contributed by atoms with Crippen LogP contribution in [0.3, 0.4) is 0 Å². The molecule has 0 saturated carbocycles. The van der Waals surface area contributed by atoms with Crippen molar-refractivity contribution in [3.05, 3.63) is 69.0 Å². The number of benzene rings is 2. The average Bonchev–Trinajstić information content (AvgIpc) is 3.44. The van der Waals surface area contributed by atoms with Crippen LogP contribution in [-0.2, 0) is 9.59 Å². The summed E-state index contributed by atoms with van der Waals surface area (Å²) < 4.78 is 7.02. The molecule has 0 saturated heterocycles. The first kappa shape index (κ1) is 20.8. The number of nitrogens with two attached hydrogens (primary N) is 1. The molecule has 10 heteroatoms. The highest BCUT2D eigenvalue weighted by Gasteiger charge is 2.35. The highest BCUT2D eigenvalue weighted by atomic mass is 32.1. The van der Waals surface area contributed by atoms with Crippen LogP contribution in [0.2, 0.25) is 0 Å². The first-order valence-corrected chi connectivity index (χ1v) is 11.2. The van der Waals surface area contributed by atoms with Crippen LogP contribution in [0.25, 0.3) is 21.9 Å². The third kappa shape index (κ3) is 3.54. The summed E-state index contributed by atoms with van der Waals surface area (Å²) in [5.74, 6) is 0.0776. The maximum atomic E-state index is 13.2. The van der Waals surface area contributed by atoms with Crippen molar-refractivity contribution in [1.82, 2.24) is 14.6 Å². The standard InChI is InChI=1S/C23H19N5O4S/c1-2-11-32-14-9-7-13(8-10-14)20-25-23-28(26-20)22(31)19(33-23)18-15-5-3-4-6-16(15)27(21(18)30)12-17(24)29/h3-10H,2,11-12H2,1H3,(H2,24,29)/b19-18-. The van der Waals surface area contributed by atoms with Crippen molar-refractivity contribution >= 4 is 39.4 Å². The summed E-state index contributed by atoms with van der Waals surface area (Å²) in [4.78, 5) is 44.0. The summed E-state index contributed by atoms with van der Waals surface area (Å²) in [5, 5.41) is 4.37. The molecule has 2 aromatic heterocycles. The number of ether oxygens (including phenoxy) is 1. The predicted octanol–water partition coefficient (Wildman–Crippen LogP) is 1.36. The number of para-hydroxylation sites is 1. The molecule has 33 heavy (non-hydrogen) atoms. The normalized spacial score (nSPS) is 14.7. The predicted molar refractivity (Wildman–Crippen MR) is 124 cm³/mol. The fourth-order valence-corrected chi connectivity index (χ4v) is 4.74. The molecule has 5 rings (SSSR count). The minimum Gasteiger partial charge on any atom is -0.494 e. The van der Waals surface area contributed by atoms with Crippen LogP contribution in [-0.4, -0.2) is 39.6 Å². The van der Waals surface area contributed by atoms with Crippen LogP contribution in [0.5, 0.6) is 5.75 Å². The lowest BCUT2D eigenvalue weighted by Crippen LogP contribution is -2.37. The zero-order valence-corrected chi connectivity index (χ0v) is 18.5. The molecule has 3 heterocycles. The largest absolute Gasteiger partial charge is 0.494 e. The molecule has 0 aliphatic carbocycles. The van der Waals surface area contributed by atoms with Gasteiger partial charge in [-0.05, 0) is 36.8 Å². The highest BCUT2D eigenvalue weighted by molar-refractivity contribution is 7.15. The summed E-state index contributed by atoms with van der Waals surface area (Å²) in [5.41, 5.74) is 6.99. The van der Waals surface area contributed by atoms with Gasteiger partial charge >= 0.3 is 0 Å². The minimum atomic E-state index is -0.639. The van der Waals surface area contributed by atoms with Gasteiger partial charge in [-0.25, -0.2) is 0 Å². The Balaban J connectivity index is 1.59. The van der Waals surface area contributed by atoms with E-state index >= 15 is 0 Å². The van der Waals surface area contributed by atoms with Crippen LogP contribution < -0.4 is 25.5 Å². The summed E-state index contributed by atoms with van der Waals surface area (Å²) in [6, 6.07) is 14.3. The van der Waals surface area contributed by atoms with Crippen molar-refractivity contribution in [1.29, 1.82) is 0 Å². The number of primary amides is 1. The molecule has 1 aliphatic rings. The van der Waals surface area contributed by atoms with Gasteiger partial charge < -0.3 is 10.5 Å². The van der Waals surface area contributed by atoms with E-state index in [-0.39, 0.29) is 16.7 Å². The Labute approximate surface area is 191 Å². The molecule has 4 aromatic rings. The number of thiazole rings is 1. The molecular formula is C23H19N5O4S. The lowest BCUT2D eigenvalue weighted by Gasteiger charge is -2.14. The Morgan fingerprint density at radius 2 is 1.88 bits per heavy atom. The van der Waals surface area contributed by atoms with E-state index in [0.717, 1.165) is 29.1 Å². The van der Waals surface area contributed by atoms with Crippen LogP contribution in [0.4, 0.5) is 5.69 Å². The number of anilines is 1. The van der Waals surface area contributed by atoms with E-state index in [1.165, 1.54) is 9.42 Å². The third-order valence-electron chi connectivity index (χ3n) is 5.21. The Kier molecular flexibility index (Phi) is 5.14. The smallest absolute Gasteiger partial charge is 0.291 e. The van der Waals surface area contributed by atoms with Crippen molar-refractivity contribution < 1.29 is 14.3 Å². The first-order valence-electron chi connectivity index (χ1n) is 10.3. The molecule has 166 valence electrons. The minimum absolute atomic E-state index is 0.226. The van der Waals surface area contributed by atoms with Gasteiger partial charge in [0.15, 0.2) is 5.82 Å². The number of carbonyl (C=O) groups is 2. The molecule has 0 spiro atoms. The Hall–Kier alpha value is -4.05. The van der Waals surface area contributed by atoms with Gasteiger partial charge in [-0.3, -0.25) is 19.3 Å². The first-order chi connectivity index (χ1) is 16.0. The number of fused-ring (bicyclic) bond motifs is 2. The number of aromatic nitrogens is 3. The SMILES string of the molecule is CCCOc1ccc(-c2nc3s/c(=C4\C(=O)N(CC(N)=O)c5ccccc54)c(=O)n3n2)cc1. The van der Waals surface area contributed by atoms with E-state index < -0.39 is 17.4 Å². The lowest BCUT2D eigenvalue weighted by atomic mass is 10.1. The zero-order valence-electron chi connectivity index (χ0n) is 17.6. The fourth-order valence-electron chi connectivity index (χ4n) is 3.74. The molecule has 0 fully saturated rings. The molecule has 2 amide bonds. The van der Waals surface area contributed by atoms with Gasteiger partial charge in [0.05, 0.1) is 17.9 Å². The van der Waals surface area contributed by atoms with E-state index in [1.807, 2.05) is 31.2 Å². The molecule has 0 unspecified atom stereocenters. The van der Waals surface area contributed by atoms with Crippen molar-refractivity contribution in [2.75, 3.05) is 18.1 Å². The summed E-state index contributed by atoms with van der Waals surface area (Å²) in [6.45, 7) is 2.41. The van der Waals surface area contributed by atoms with Crippen LogP contribution in [0.1, 0.15) is 18.9 Å². The molecule has 2 N–H and O–H groups in total. The molecule has 1 aliphatic heterocycles. The van der Waals surface area contributed by atoms with Crippen molar-refractivity contribution in [2.45, 2.75) is 13.3 Å². The molecule has 0 radical (unpaired) electrons. The maximum absolute atomic E-state index is 13.2. The van der Waals surface area contributed by atoms with E-state index in [9.17, 15) is 14.4 Å². The van der Waals surface area contributed by atoms with Gasteiger partial charge in [-0.15, -0.1) is 5.10 Å². The van der Waals surface area contributed by atoms with Gasteiger partial charge in [0.2, 0.25) is 10.9 Å². The van der Waals surface area contributed by atoms with Crippen molar-refractivity contribution in [3.63, 3.8) is 0 Å². The number of hydrogen-bond acceptors (Lipinski definition) is 7. The fraction of sp³-hybridized carbons (Fsp3) is 0.174. The van der Waals surface area contributed by atoms with Gasteiger partial charge in [0.25, 0.3) is 11.5 Å². The second-order valence-corrected chi connectivity index (χ2v) is 8.47. The van der Waals surface area contributed by atoms with Gasteiger partial charge in [-0.1, -0.05) is 36.5 Å².